The van der Waals surface area contributed by atoms with Gasteiger partial charge in [0.2, 0.25) is 0 Å². The first kappa shape index (κ1) is 16.8. The number of benzene rings is 2. The number of fused-ring (bicyclic) bond motifs is 1. The van der Waals surface area contributed by atoms with E-state index in [1.165, 1.54) is 16.4 Å². The van der Waals surface area contributed by atoms with Crippen LogP contribution < -0.4 is 19.5 Å². The largest absolute Gasteiger partial charge is 0.496 e. The molecule has 0 aliphatic carbocycles. The number of ether oxygens (including phenoxy) is 1. The summed E-state index contributed by atoms with van der Waals surface area (Å²) in [4.78, 5) is 7.37. The van der Waals surface area contributed by atoms with E-state index in [-0.39, 0.29) is 5.82 Å². The smallest absolute Gasteiger partial charge is 0.275 e. The summed E-state index contributed by atoms with van der Waals surface area (Å²) in [6.07, 6.45) is 0. The number of halogens is 1. The van der Waals surface area contributed by atoms with Crippen LogP contribution in [0.4, 0.5) is 10.2 Å². The molecule has 4 rings (SSSR count). The minimum absolute atomic E-state index is 0.204. The van der Waals surface area contributed by atoms with E-state index < -0.39 is 0 Å². The fourth-order valence-electron chi connectivity index (χ4n) is 3.68. The molecule has 3 aromatic rings. The van der Waals surface area contributed by atoms with Gasteiger partial charge in [0.1, 0.15) is 49.8 Å². The van der Waals surface area contributed by atoms with Crippen molar-refractivity contribution in [2.45, 2.75) is 6.54 Å². The third-order valence-electron chi connectivity index (χ3n) is 5.14. The van der Waals surface area contributed by atoms with Crippen LogP contribution in [0.3, 0.4) is 0 Å². The summed E-state index contributed by atoms with van der Waals surface area (Å²) in [5.41, 5.74) is 2.09. The number of H-pyrrole nitrogens is 1. The highest BCUT2D eigenvalue weighted by molar-refractivity contribution is 5.76. The van der Waals surface area contributed by atoms with Gasteiger partial charge in [-0.25, -0.2) is 9.37 Å². The van der Waals surface area contributed by atoms with Crippen LogP contribution in [0.2, 0.25) is 0 Å². The first-order chi connectivity index (χ1) is 12.7. The third kappa shape index (κ3) is 3.48. The number of hydrogen-bond acceptors (Lipinski definition) is 2. The molecule has 0 bridgehead atoms. The van der Waals surface area contributed by atoms with Crippen LogP contribution in [0.1, 0.15) is 5.56 Å². The van der Waals surface area contributed by atoms with Gasteiger partial charge in [0.15, 0.2) is 0 Å². The number of hydrogen-bond donors (Lipinski definition) is 1. The molecule has 0 saturated carbocycles. The summed E-state index contributed by atoms with van der Waals surface area (Å²) in [7, 11) is 1.64. The van der Waals surface area contributed by atoms with E-state index in [2.05, 4.69) is 46.3 Å². The Hall–Kier alpha value is -2.66. The molecule has 2 N–H and O–H groups in total. The summed E-state index contributed by atoms with van der Waals surface area (Å²) in [5.74, 6) is 1.72. The van der Waals surface area contributed by atoms with Crippen LogP contribution in [0.25, 0.3) is 10.9 Å². The number of nitrogens with zero attached hydrogens (tertiary/aromatic N) is 1. The van der Waals surface area contributed by atoms with Gasteiger partial charge in [0.25, 0.3) is 5.82 Å². The van der Waals surface area contributed by atoms with E-state index in [1.54, 1.807) is 19.2 Å². The minimum Gasteiger partial charge on any atom is -0.496 e. The highest BCUT2D eigenvalue weighted by Gasteiger charge is 2.27. The van der Waals surface area contributed by atoms with Crippen molar-refractivity contribution in [1.29, 1.82) is 0 Å². The lowest BCUT2D eigenvalue weighted by atomic mass is 10.1. The number of methoxy groups -OCH3 is 1. The molecule has 1 fully saturated rings. The number of aromatic nitrogens is 1. The number of nitrogens with one attached hydrogen (secondary N) is 2. The van der Waals surface area contributed by atoms with Gasteiger partial charge in [-0.1, -0.05) is 18.2 Å². The van der Waals surface area contributed by atoms with E-state index in [0.717, 1.165) is 55.4 Å². The van der Waals surface area contributed by atoms with Crippen molar-refractivity contribution < 1.29 is 19.0 Å². The molecular weight excluding hydrogens is 329 g/mol. The van der Waals surface area contributed by atoms with E-state index in [9.17, 15) is 4.39 Å². The van der Waals surface area contributed by atoms with Crippen LogP contribution in [0.15, 0.2) is 54.6 Å². The van der Waals surface area contributed by atoms with E-state index in [0.29, 0.717) is 0 Å². The average Bonchev–Trinajstić information content (AvgIpc) is 2.68. The molecule has 0 spiro atoms. The van der Waals surface area contributed by atoms with Gasteiger partial charge < -0.3 is 9.64 Å². The molecule has 0 radical (unpaired) electrons. The highest BCUT2D eigenvalue weighted by atomic mass is 19.1. The van der Waals surface area contributed by atoms with E-state index >= 15 is 0 Å². The molecule has 2 aromatic carbocycles. The Kier molecular flexibility index (Phi) is 4.71. The Morgan fingerprint density at radius 2 is 1.88 bits per heavy atom. The first-order valence-corrected chi connectivity index (χ1v) is 9.05. The van der Waals surface area contributed by atoms with Gasteiger partial charge in [-0.05, 0) is 30.3 Å². The first-order valence-electron chi connectivity index (χ1n) is 9.05. The second-order valence-corrected chi connectivity index (χ2v) is 6.80. The van der Waals surface area contributed by atoms with Crippen LogP contribution in [0, 0.1) is 5.82 Å². The number of rotatable bonds is 4. The quantitative estimate of drug-likeness (QED) is 0.774. The van der Waals surface area contributed by atoms with Crippen molar-refractivity contribution in [1.82, 2.24) is 0 Å². The number of anilines is 1. The zero-order valence-corrected chi connectivity index (χ0v) is 15.0. The highest BCUT2D eigenvalue weighted by Crippen LogP contribution is 2.18. The minimum atomic E-state index is -0.204. The standard InChI is InChI=1S/C21H22FN3O/c1-26-20-8-7-18(22)14-17(20)15-24-10-12-25(13-11-24)21-9-6-16-4-2-3-5-19(16)23-21/h2-9,14H,10-13,15H2,1H3/p+2. The Bertz CT molecular complexity index is 907. The summed E-state index contributed by atoms with van der Waals surface area (Å²) in [6, 6.07) is 17.4. The molecule has 2 heterocycles. The van der Waals surface area contributed by atoms with E-state index in [1.807, 2.05) is 0 Å². The molecule has 4 nitrogen and oxygen atoms in total. The fourth-order valence-corrected chi connectivity index (χ4v) is 3.68. The van der Waals surface area contributed by atoms with Crippen molar-refractivity contribution in [2.24, 2.45) is 0 Å². The second kappa shape index (κ2) is 7.30. The summed E-state index contributed by atoms with van der Waals surface area (Å²) >= 11 is 0. The average molecular weight is 353 g/mol. The number of para-hydroxylation sites is 1. The van der Waals surface area contributed by atoms with Crippen molar-refractivity contribution >= 4 is 16.7 Å². The van der Waals surface area contributed by atoms with Crippen molar-refractivity contribution in [3.63, 3.8) is 0 Å². The Labute approximate surface area is 152 Å². The van der Waals surface area contributed by atoms with Crippen LogP contribution in [0.5, 0.6) is 5.75 Å². The number of pyridine rings is 1. The second-order valence-electron chi connectivity index (χ2n) is 6.80. The van der Waals surface area contributed by atoms with Crippen LogP contribution in [-0.2, 0) is 6.54 Å². The molecule has 134 valence electrons. The van der Waals surface area contributed by atoms with Crippen LogP contribution in [-0.4, -0.2) is 33.3 Å². The topological polar surface area (TPSA) is 31.1 Å². The molecule has 1 aromatic heterocycles. The van der Waals surface area contributed by atoms with Gasteiger partial charge in [-0.15, -0.1) is 0 Å². The molecular formula is C21H24FN3O+2. The summed E-state index contributed by atoms with van der Waals surface area (Å²) in [6.45, 7) is 4.76. The fraction of sp³-hybridized carbons (Fsp3) is 0.286. The lowest BCUT2D eigenvalue weighted by Gasteiger charge is -2.28. The van der Waals surface area contributed by atoms with Gasteiger partial charge in [0, 0.05) is 11.5 Å². The van der Waals surface area contributed by atoms with Gasteiger partial charge >= 0.3 is 0 Å². The normalized spacial score (nSPS) is 15.4. The Morgan fingerprint density at radius 3 is 2.69 bits per heavy atom. The molecule has 26 heavy (non-hydrogen) atoms. The van der Waals surface area contributed by atoms with Crippen molar-refractivity contribution in [3.8, 4) is 5.75 Å². The van der Waals surface area contributed by atoms with Gasteiger partial charge in [0.05, 0.1) is 12.7 Å². The number of aromatic amines is 1. The molecule has 0 amide bonds. The van der Waals surface area contributed by atoms with Gasteiger partial charge in [-0.3, -0.25) is 4.90 Å². The molecule has 0 unspecified atom stereocenters. The molecule has 1 aliphatic heterocycles. The lowest BCUT2D eigenvalue weighted by Crippen LogP contribution is -3.13. The molecule has 5 heteroatoms. The summed E-state index contributed by atoms with van der Waals surface area (Å²) < 4.78 is 18.9. The zero-order valence-electron chi connectivity index (χ0n) is 15.0. The maximum absolute atomic E-state index is 13.6. The van der Waals surface area contributed by atoms with Crippen molar-refractivity contribution in [3.05, 3.63) is 66.0 Å². The van der Waals surface area contributed by atoms with Crippen LogP contribution >= 0.6 is 0 Å². The maximum Gasteiger partial charge on any atom is 0.275 e. The molecule has 1 saturated heterocycles. The predicted octanol–water partition coefficient (Wildman–Crippen LogP) is 1.71. The van der Waals surface area contributed by atoms with E-state index in [4.69, 9.17) is 4.74 Å². The monoisotopic (exact) mass is 353 g/mol. The Morgan fingerprint density at radius 1 is 1.08 bits per heavy atom. The zero-order chi connectivity index (χ0) is 17.9. The third-order valence-corrected chi connectivity index (χ3v) is 5.14. The Balaban J connectivity index is 1.43. The van der Waals surface area contributed by atoms with Gasteiger partial charge in [-0.2, -0.15) is 0 Å². The number of quaternary nitrogens is 1. The van der Waals surface area contributed by atoms with Crippen molar-refractivity contribution in [2.75, 3.05) is 38.2 Å². The molecule has 0 atom stereocenters. The predicted molar refractivity (Wildman–Crippen MR) is 100 cm³/mol. The molecule has 1 aliphatic rings. The SMILES string of the molecule is COc1ccc(F)cc1C[NH+]1CCN(c2ccc3ccccc3[nH+]2)CC1. The maximum atomic E-state index is 13.6. The lowest BCUT2D eigenvalue weighted by molar-refractivity contribution is -0.914. The summed E-state index contributed by atoms with van der Waals surface area (Å²) in [5, 5.41) is 1.22. The number of piperazine rings is 1.